The van der Waals surface area contributed by atoms with E-state index in [-0.39, 0.29) is 23.2 Å². The molecule has 8 nitrogen and oxygen atoms in total. The van der Waals surface area contributed by atoms with E-state index in [4.69, 9.17) is 4.74 Å². The first-order valence-electron chi connectivity index (χ1n) is 9.33. The summed E-state index contributed by atoms with van der Waals surface area (Å²) >= 11 is 0. The summed E-state index contributed by atoms with van der Waals surface area (Å²) in [5, 5.41) is 3.75. The number of carbonyl (C=O) groups is 1. The second-order valence-electron chi connectivity index (χ2n) is 8.20. The van der Waals surface area contributed by atoms with E-state index in [0.717, 1.165) is 18.1 Å². The summed E-state index contributed by atoms with van der Waals surface area (Å²) in [6.45, 7) is 6.86. The molecule has 1 aromatic carbocycles. The van der Waals surface area contributed by atoms with Crippen LogP contribution in [0.1, 0.15) is 49.8 Å². The molecule has 2 aromatic rings. The first-order chi connectivity index (χ1) is 13.4. The second kappa shape index (κ2) is 7.74. The summed E-state index contributed by atoms with van der Waals surface area (Å²) in [7, 11) is -3.58. The van der Waals surface area contributed by atoms with Crippen molar-refractivity contribution in [2.24, 2.45) is 0 Å². The van der Waals surface area contributed by atoms with Crippen LogP contribution in [0.3, 0.4) is 0 Å². The zero-order chi connectivity index (χ0) is 21.4. The lowest BCUT2D eigenvalue weighted by atomic mass is 9.86. The van der Waals surface area contributed by atoms with Crippen molar-refractivity contribution in [1.82, 2.24) is 19.1 Å². The molecule has 10 heteroatoms. The molecule has 0 radical (unpaired) electrons. The first kappa shape index (κ1) is 21.2. The number of aromatic nitrogens is 3. The van der Waals surface area contributed by atoms with E-state index >= 15 is 0 Å². The van der Waals surface area contributed by atoms with Crippen molar-refractivity contribution in [3.05, 3.63) is 41.7 Å². The lowest BCUT2D eigenvalue weighted by Crippen LogP contribution is -2.42. The van der Waals surface area contributed by atoms with Crippen molar-refractivity contribution in [3.8, 4) is 5.75 Å². The molecular weight excluding hydrogens is 399 g/mol. The van der Waals surface area contributed by atoms with Crippen LogP contribution in [-0.4, -0.2) is 58.8 Å². The topological polar surface area (TPSA) is 94.4 Å². The molecule has 1 fully saturated rings. The predicted molar refractivity (Wildman–Crippen MR) is 105 cm³/mol. The van der Waals surface area contributed by atoms with Gasteiger partial charge in [0.2, 0.25) is 5.82 Å². The molecule has 0 atom stereocenters. The predicted octanol–water partition coefficient (Wildman–Crippen LogP) is 2.21. The molecule has 0 saturated carbocycles. The number of amides is 1. The molecule has 3 rings (SSSR count). The maximum atomic E-state index is 13.7. The van der Waals surface area contributed by atoms with Crippen LogP contribution in [0.2, 0.25) is 0 Å². The Kier molecular flexibility index (Phi) is 5.66. The Morgan fingerprint density at radius 2 is 1.90 bits per heavy atom. The van der Waals surface area contributed by atoms with Crippen LogP contribution in [0.25, 0.3) is 0 Å². The third-order valence-electron chi connectivity index (χ3n) is 4.78. The fourth-order valence-electron chi connectivity index (χ4n) is 3.20. The van der Waals surface area contributed by atoms with Crippen molar-refractivity contribution >= 4 is 15.9 Å². The molecular formula is C19H25FN4O4S. The van der Waals surface area contributed by atoms with Crippen LogP contribution in [0.5, 0.6) is 5.75 Å². The molecule has 1 saturated heterocycles. The summed E-state index contributed by atoms with van der Waals surface area (Å²) in [4.78, 5) is 17.9. The molecule has 1 aliphatic heterocycles. The van der Waals surface area contributed by atoms with Gasteiger partial charge in [-0.2, -0.15) is 0 Å². The largest absolute Gasteiger partial charge is 0.490 e. The van der Waals surface area contributed by atoms with Gasteiger partial charge in [-0.15, -0.1) is 9.19 Å². The summed E-state index contributed by atoms with van der Waals surface area (Å²) in [6.07, 6.45) is 3.09. The normalized spacial score (nSPS) is 16.1. The Labute approximate surface area is 169 Å². The van der Waals surface area contributed by atoms with Gasteiger partial charge in [0.25, 0.3) is 15.9 Å². The van der Waals surface area contributed by atoms with Gasteiger partial charge in [-0.1, -0.05) is 20.8 Å². The van der Waals surface area contributed by atoms with Crippen LogP contribution in [0, 0.1) is 5.82 Å². The molecule has 0 unspecified atom stereocenters. The molecule has 2 heterocycles. The Hall–Kier alpha value is -2.49. The molecule has 0 N–H and O–H groups in total. The number of hydrogen-bond acceptors (Lipinski definition) is 6. The van der Waals surface area contributed by atoms with Gasteiger partial charge in [0, 0.05) is 31.5 Å². The number of halogens is 1. The van der Waals surface area contributed by atoms with Crippen LogP contribution in [-0.2, 0) is 15.4 Å². The number of nitrogens with zero attached hydrogens (tertiary/aromatic N) is 4. The van der Waals surface area contributed by atoms with Crippen LogP contribution >= 0.6 is 0 Å². The maximum Gasteiger partial charge on any atom is 0.293 e. The van der Waals surface area contributed by atoms with Gasteiger partial charge in [0.05, 0.1) is 6.26 Å². The molecule has 0 aliphatic carbocycles. The summed E-state index contributed by atoms with van der Waals surface area (Å²) in [6, 6.07) is 4.53. The monoisotopic (exact) mass is 424 g/mol. The number of ether oxygens (including phenoxy) is 1. The minimum absolute atomic E-state index is 0.104. The lowest BCUT2D eigenvalue weighted by Gasteiger charge is -2.33. The van der Waals surface area contributed by atoms with Crippen molar-refractivity contribution in [1.29, 1.82) is 0 Å². The van der Waals surface area contributed by atoms with Gasteiger partial charge < -0.3 is 9.64 Å². The van der Waals surface area contributed by atoms with Crippen molar-refractivity contribution in [3.63, 3.8) is 0 Å². The smallest absolute Gasteiger partial charge is 0.293 e. The van der Waals surface area contributed by atoms with Gasteiger partial charge >= 0.3 is 0 Å². The van der Waals surface area contributed by atoms with E-state index in [1.807, 2.05) is 20.8 Å². The fourth-order valence-corrected chi connectivity index (χ4v) is 3.64. The zero-order valence-electron chi connectivity index (χ0n) is 16.9. The van der Waals surface area contributed by atoms with E-state index in [0.29, 0.717) is 35.8 Å². The highest BCUT2D eigenvalue weighted by Crippen LogP contribution is 2.33. The van der Waals surface area contributed by atoms with E-state index in [1.165, 1.54) is 12.1 Å². The summed E-state index contributed by atoms with van der Waals surface area (Å²) < 4.78 is 43.4. The minimum atomic E-state index is -3.58. The number of hydrogen-bond donors (Lipinski definition) is 0. The number of likely N-dealkylation sites (tertiary alicyclic amines) is 1. The average molecular weight is 424 g/mol. The van der Waals surface area contributed by atoms with Gasteiger partial charge in [-0.25, -0.2) is 17.8 Å². The summed E-state index contributed by atoms with van der Waals surface area (Å²) in [5.41, 5.74) is 0.532. The van der Waals surface area contributed by atoms with Crippen molar-refractivity contribution in [2.75, 3.05) is 19.3 Å². The van der Waals surface area contributed by atoms with E-state index < -0.39 is 15.9 Å². The standard InChI is InChI=1S/C19H25FN4O4S/c1-19(2,3)15-11-13(20)5-6-16(15)28-14-7-9-23(10-8-14)18(25)17-21-12-24(22-17)29(4,26)27/h5-6,11-12,14H,7-10H2,1-4H3. The highest BCUT2D eigenvalue weighted by molar-refractivity contribution is 7.89. The van der Waals surface area contributed by atoms with Crippen molar-refractivity contribution < 1.29 is 22.3 Å². The molecule has 0 spiro atoms. The zero-order valence-corrected chi connectivity index (χ0v) is 17.7. The number of carbonyl (C=O) groups excluding carboxylic acids is 1. The Morgan fingerprint density at radius 3 is 2.45 bits per heavy atom. The van der Waals surface area contributed by atoms with Gasteiger partial charge in [0.15, 0.2) is 0 Å². The fraction of sp³-hybridized carbons (Fsp3) is 0.526. The highest BCUT2D eigenvalue weighted by atomic mass is 32.2. The maximum absolute atomic E-state index is 13.7. The van der Waals surface area contributed by atoms with Crippen molar-refractivity contribution in [2.45, 2.75) is 45.1 Å². The second-order valence-corrected chi connectivity index (χ2v) is 10.0. The van der Waals surface area contributed by atoms with Gasteiger partial charge in [-0.05, 0) is 23.6 Å². The van der Waals surface area contributed by atoms with Gasteiger partial charge in [0.1, 0.15) is 24.0 Å². The quantitative estimate of drug-likeness (QED) is 0.747. The molecule has 1 amide bonds. The Morgan fingerprint density at radius 1 is 1.24 bits per heavy atom. The molecule has 29 heavy (non-hydrogen) atoms. The molecule has 0 bridgehead atoms. The van der Waals surface area contributed by atoms with E-state index in [2.05, 4.69) is 10.1 Å². The Balaban J connectivity index is 1.64. The third-order valence-corrected chi connectivity index (χ3v) is 5.63. The third kappa shape index (κ3) is 4.92. The van der Waals surface area contributed by atoms with Crippen LogP contribution in [0.4, 0.5) is 4.39 Å². The number of benzene rings is 1. The van der Waals surface area contributed by atoms with Crippen LogP contribution in [0.15, 0.2) is 24.5 Å². The van der Waals surface area contributed by atoms with Gasteiger partial charge in [-0.3, -0.25) is 4.79 Å². The first-order valence-corrected chi connectivity index (χ1v) is 11.2. The number of rotatable bonds is 4. The van der Waals surface area contributed by atoms with E-state index in [1.54, 1.807) is 11.0 Å². The lowest BCUT2D eigenvalue weighted by molar-refractivity contribution is 0.0581. The molecule has 1 aliphatic rings. The van der Waals surface area contributed by atoms with Crippen LogP contribution < -0.4 is 4.74 Å². The van der Waals surface area contributed by atoms with E-state index in [9.17, 15) is 17.6 Å². The minimum Gasteiger partial charge on any atom is -0.490 e. The Bertz CT molecular complexity index is 1010. The molecule has 1 aromatic heterocycles. The molecule has 158 valence electrons. The number of piperidine rings is 1. The highest BCUT2D eigenvalue weighted by Gasteiger charge is 2.29. The summed E-state index contributed by atoms with van der Waals surface area (Å²) in [5.74, 6) is -0.215. The average Bonchev–Trinajstić information content (AvgIpc) is 3.13. The SMILES string of the molecule is CC(C)(C)c1cc(F)ccc1OC1CCN(C(=O)c2ncn(S(C)(=O)=O)n2)CC1.